The molecule has 0 saturated carbocycles. The van der Waals surface area contributed by atoms with Crippen molar-refractivity contribution in [2.24, 2.45) is 0 Å². The van der Waals surface area contributed by atoms with Crippen molar-refractivity contribution in [2.45, 2.75) is 32.3 Å². The molecular formula is C6H11LiO3. The smallest absolute Gasteiger partial charge is 0.547 e. The summed E-state index contributed by atoms with van der Waals surface area (Å²) < 4.78 is 0. The predicted octanol–water partition coefficient (Wildman–Crippen LogP) is -3.71. The second kappa shape index (κ2) is 4.78. The fourth-order valence-electron chi connectivity index (χ4n) is 0.589. The van der Waals surface area contributed by atoms with Crippen LogP contribution in [0.5, 0.6) is 0 Å². The molecule has 0 rings (SSSR count). The molecule has 0 saturated heterocycles. The molecular weight excluding hydrogens is 127 g/mol. The summed E-state index contributed by atoms with van der Waals surface area (Å²) in [6.07, 6.45) is 0.885. The number of hydrogen-bond acceptors (Lipinski definition) is 3. The zero-order valence-corrected chi connectivity index (χ0v) is 6.68. The van der Waals surface area contributed by atoms with Crippen LogP contribution < -0.4 is 24.0 Å². The zero-order chi connectivity index (χ0) is 7.49. The minimum atomic E-state index is -1.64. The normalized spacial score (nSPS) is 15.1. The Labute approximate surface area is 72.6 Å². The van der Waals surface area contributed by atoms with Crippen LogP contribution in [0.1, 0.15) is 26.7 Å². The maximum atomic E-state index is 10.0. The molecule has 0 amide bonds. The molecule has 0 aromatic heterocycles. The second-order valence-corrected chi connectivity index (χ2v) is 2.31. The van der Waals surface area contributed by atoms with Gasteiger partial charge in [0.05, 0.1) is 5.97 Å². The molecule has 4 heteroatoms. The molecule has 0 aliphatic rings. The van der Waals surface area contributed by atoms with Crippen LogP contribution in [0.25, 0.3) is 0 Å². The number of carbonyl (C=O) groups excluding carboxylic acids is 1. The molecule has 0 aromatic rings. The summed E-state index contributed by atoms with van der Waals surface area (Å²) in [5.41, 5.74) is -1.64. The fourth-order valence-corrected chi connectivity index (χ4v) is 0.589. The standard InChI is InChI=1S/C6H12O3.Li/c1-3-4-6(2,9)5(7)8;/h9H,3-4H2,1-2H3,(H,7,8);/q;+1/p-1. The first-order valence-electron chi connectivity index (χ1n) is 2.94. The van der Waals surface area contributed by atoms with E-state index < -0.39 is 11.6 Å². The van der Waals surface area contributed by atoms with Crippen molar-refractivity contribution in [2.75, 3.05) is 0 Å². The number of carboxylic acids is 1. The van der Waals surface area contributed by atoms with E-state index in [-0.39, 0.29) is 25.3 Å². The Balaban J connectivity index is 0. The molecule has 1 N–H and O–H groups in total. The van der Waals surface area contributed by atoms with E-state index in [4.69, 9.17) is 5.11 Å². The van der Waals surface area contributed by atoms with Gasteiger partial charge in [-0.2, -0.15) is 0 Å². The monoisotopic (exact) mass is 138 g/mol. The first-order chi connectivity index (χ1) is 4.00. The Hall–Kier alpha value is 0.0274. The maximum absolute atomic E-state index is 10.0. The third-order valence-corrected chi connectivity index (χ3v) is 1.18. The zero-order valence-electron chi connectivity index (χ0n) is 6.68. The molecule has 0 radical (unpaired) electrons. The number of hydrogen-bond donors (Lipinski definition) is 1. The number of carboxylic acid groups (broad SMARTS) is 1. The Kier molecular flexibility index (Phi) is 6.07. The van der Waals surface area contributed by atoms with Gasteiger partial charge < -0.3 is 15.0 Å². The van der Waals surface area contributed by atoms with Gasteiger partial charge in [-0.1, -0.05) is 13.3 Å². The van der Waals surface area contributed by atoms with Gasteiger partial charge >= 0.3 is 18.9 Å². The van der Waals surface area contributed by atoms with E-state index >= 15 is 0 Å². The molecule has 0 heterocycles. The Morgan fingerprint density at radius 3 is 2.20 bits per heavy atom. The Morgan fingerprint density at radius 1 is 1.70 bits per heavy atom. The van der Waals surface area contributed by atoms with Crippen LogP contribution >= 0.6 is 0 Å². The summed E-state index contributed by atoms with van der Waals surface area (Å²) in [6.45, 7) is 3.04. The third kappa shape index (κ3) is 3.94. The summed E-state index contributed by atoms with van der Waals surface area (Å²) in [7, 11) is 0. The second-order valence-electron chi connectivity index (χ2n) is 2.31. The van der Waals surface area contributed by atoms with Gasteiger partial charge in [0, 0.05) is 0 Å². The molecule has 0 spiro atoms. The first kappa shape index (κ1) is 12.7. The quantitative estimate of drug-likeness (QED) is 0.408. The van der Waals surface area contributed by atoms with Gasteiger partial charge in [-0.05, 0) is 13.3 Å². The van der Waals surface area contributed by atoms with E-state index in [0.29, 0.717) is 6.42 Å². The van der Waals surface area contributed by atoms with Crippen molar-refractivity contribution < 1.29 is 33.9 Å². The summed E-state index contributed by atoms with van der Waals surface area (Å²) in [5.74, 6) is -1.40. The summed E-state index contributed by atoms with van der Waals surface area (Å²) in [6, 6.07) is 0. The SMILES string of the molecule is CCCC(C)(O)C(=O)[O-].[Li+]. The molecule has 10 heavy (non-hydrogen) atoms. The molecule has 1 unspecified atom stereocenters. The van der Waals surface area contributed by atoms with Crippen molar-refractivity contribution in [3.05, 3.63) is 0 Å². The molecule has 1 atom stereocenters. The van der Waals surface area contributed by atoms with Gasteiger partial charge in [-0.3, -0.25) is 0 Å². The average Bonchev–Trinajstić information content (AvgIpc) is 1.65. The van der Waals surface area contributed by atoms with Crippen LogP contribution in [-0.4, -0.2) is 16.7 Å². The van der Waals surface area contributed by atoms with Gasteiger partial charge in [0.2, 0.25) is 0 Å². The molecule has 0 aliphatic carbocycles. The van der Waals surface area contributed by atoms with Crippen LogP contribution in [0.2, 0.25) is 0 Å². The van der Waals surface area contributed by atoms with Gasteiger partial charge in [0.15, 0.2) is 0 Å². The van der Waals surface area contributed by atoms with Crippen LogP contribution in [0.3, 0.4) is 0 Å². The third-order valence-electron chi connectivity index (χ3n) is 1.18. The molecule has 0 aliphatic heterocycles. The number of carbonyl (C=O) groups is 1. The molecule has 0 fully saturated rings. The summed E-state index contributed by atoms with van der Waals surface area (Å²) in [4.78, 5) is 10.0. The molecule has 3 nitrogen and oxygen atoms in total. The average molecular weight is 138 g/mol. The fraction of sp³-hybridized carbons (Fsp3) is 0.833. The van der Waals surface area contributed by atoms with E-state index in [1.54, 1.807) is 6.92 Å². The predicted molar refractivity (Wildman–Crippen MR) is 30.5 cm³/mol. The van der Waals surface area contributed by atoms with Crippen LogP contribution in [0, 0.1) is 0 Å². The van der Waals surface area contributed by atoms with E-state index in [1.165, 1.54) is 6.92 Å². The van der Waals surface area contributed by atoms with Crippen molar-refractivity contribution >= 4 is 5.97 Å². The van der Waals surface area contributed by atoms with Gasteiger partial charge in [0.25, 0.3) is 0 Å². The van der Waals surface area contributed by atoms with Crippen molar-refractivity contribution in [3.63, 3.8) is 0 Å². The number of aliphatic carboxylic acids is 1. The number of aliphatic hydroxyl groups is 1. The molecule has 0 bridgehead atoms. The van der Waals surface area contributed by atoms with Crippen molar-refractivity contribution in [1.82, 2.24) is 0 Å². The van der Waals surface area contributed by atoms with E-state index in [9.17, 15) is 9.90 Å². The largest absolute Gasteiger partial charge is 1.00 e. The van der Waals surface area contributed by atoms with Crippen LogP contribution in [0.15, 0.2) is 0 Å². The van der Waals surface area contributed by atoms with E-state index in [1.807, 2.05) is 0 Å². The van der Waals surface area contributed by atoms with E-state index in [0.717, 1.165) is 0 Å². The first-order valence-corrected chi connectivity index (χ1v) is 2.94. The van der Waals surface area contributed by atoms with Crippen molar-refractivity contribution in [1.29, 1.82) is 0 Å². The van der Waals surface area contributed by atoms with Crippen LogP contribution in [0.4, 0.5) is 0 Å². The van der Waals surface area contributed by atoms with Gasteiger partial charge in [-0.15, -0.1) is 0 Å². The summed E-state index contributed by atoms with van der Waals surface area (Å²) >= 11 is 0. The minimum Gasteiger partial charge on any atom is -0.547 e. The van der Waals surface area contributed by atoms with Gasteiger partial charge in [-0.25, -0.2) is 0 Å². The van der Waals surface area contributed by atoms with Crippen molar-refractivity contribution in [3.8, 4) is 0 Å². The topological polar surface area (TPSA) is 60.4 Å². The maximum Gasteiger partial charge on any atom is 1.00 e. The Morgan fingerprint density at radius 2 is 2.10 bits per heavy atom. The van der Waals surface area contributed by atoms with Gasteiger partial charge in [0.1, 0.15) is 5.60 Å². The number of rotatable bonds is 3. The van der Waals surface area contributed by atoms with E-state index in [2.05, 4.69) is 0 Å². The molecule has 0 aromatic carbocycles. The molecule has 54 valence electrons. The summed E-state index contributed by atoms with van der Waals surface area (Å²) in [5, 5.41) is 19.0. The van der Waals surface area contributed by atoms with Crippen LogP contribution in [-0.2, 0) is 4.79 Å². The minimum absolute atomic E-state index is 0. The Bertz CT molecular complexity index is 112.